The first-order chi connectivity index (χ1) is 11.4. The third kappa shape index (κ3) is 5.52. The van der Waals surface area contributed by atoms with E-state index in [4.69, 9.17) is 0 Å². The number of aromatic nitrogens is 2. The van der Waals surface area contributed by atoms with Gasteiger partial charge in [-0.1, -0.05) is 12.1 Å². The Morgan fingerprint density at radius 3 is 2.85 bits per heavy atom. The van der Waals surface area contributed by atoms with E-state index >= 15 is 0 Å². The summed E-state index contributed by atoms with van der Waals surface area (Å²) in [6, 6.07) is 4.92. The molecule has 1 amide bonds. The van der Waals surface area contributed by atoms with Crippen molar-refractivity contribution in [2.24, 2.45) is 0 Å². The van der Waals surface area contributed by atoms with Crippen molar-refractivity contribution in [2.45, 2.75) is 25.4 Å². The van der Waals surface area contributed by atoms with E-state index in [1.807, 2.05) is 0 Å². The molecule has 3 rings (SSSR count). The molecule has 11 heteroatoms. The first-order valence-electron chi connectivity index (χ1n) is 7.30. The number of carbonyl (C=O) groups excluding carboxylic acids is 1. The molecule has 6 nitrogen and oxygen atoms in total. The van der Waals surface area contributed by atoms with Crippen molar-refractivity contribution < 1.29 is 22.7 Å². The molecule has 1 aromatic heterocycles. The van der Waals surface area contributed by atoms with E-state index in [0.29, 0.717) is 17.8 Å². The van der Waals surface area contributed by atoms with Gasteiger partial charge in [0.05, 0.1) is 12.0 Å². The maximum absolute atomic E-state index is 12.3. The zero-order valence-corrected chi connectivity index (χ0v) is 14.9. The number of rotatable bonds is 4. The SMILES string of the molecule is Cl.Cl.O=C(NCc1cccc(OC(F)(F)F)c1)C1NCCc2[nH]cnc21. The average Bonchev–Trinajstić information content (AvgIpc) is 2.99. The number of alkyl halides is 3. The highest BCUT2D eigenvalue weighted by molar-refractivity contribution is 5.85. The summed E-state index contributed by atoms with van der Waals surface area (Å²) in [5.74, 6) is -0.607. The Balaban J connectivity index is 0.00000169. The number of halogens is 5. The van der Waals surface area contributed by atoms with E-state index in [1.165, 1.54) is 24.5 Å². The van der Waals surface area contributed by atoms with Crippen LogP contribution in [0, 0.1) is 0 Å². The molecule has 2 heterocycles. The number of hydrogen-bond acceptors (Lipinski definition) is 4. The lowest BCUT2D eigenvalue weighted by Gasteiger charge is -2.22. The molecule has 0 spiro atoms. The van der Waals surface area contributed by atoms with Crippen molar-refractivity contribution in [2.75, 3.05) is 6.54 Å². The summed E-state index contributed by atoms with van der Waals surface area (Å²) in [6.07, 6.45) is -2.45. The molecule has 0 saturated carbocycles. The summed E-state index contributed by atoms with van der Waals surface area (Å²) in [5.41, 5.74) is 2.06. The van der Waals surface area contributed by atoms with Crippen LogP contribution in [-0.2, 0) is 17.8 Å². The monoisotopic (exact) mass is 412 g/mol. The zero-order chi connectivity index (χ0) is 17.2. The number of benzene rings is 1. The first-order valence-corrected chi connectivity index (χ1v) is 7.30. The molecule has 1 aliphatic heterocycles. The highest BCUT2D eigenvalue weighted by Gasteiger charge is 2.31. The standard InChI is InChI=1S/C15H15F3N4O2.2ClH/c16-15(17,18)24-10-3-1-2-9(6-10)7-20-14(23)13-12-11(4-5-19-13)21-8-22-12;;/h1-3,6,8,13,19H,4-5,7H2,(H,20,23)(H,21,22);2*1H. The maximum atomic E-state index is 12.3. The Kier molecular flexibility index (Phi) is 7.73. The summed E-state index contributed by atoms with van der Waals surface area (Å²) >= 11 is 0. The van der Waals surface area contributed by atoms with E-state index in [2.05, 4.69) is 25.3 Å². The number of fused-ring (bicyclic) bond motifs is 1. The minimum atomic E-state index is -4.75. The number of nitrogens with one attached hydrogen (secondary N) is 3. The minimum Gasteiger partial charge on any atom is -0.406 e. The second kappa shape index (κ2) is 9.11. The van der Waals surface area contributed by atoms with Gasteiger partial charge in [0, 0.05) is 25.2 Å². The van der Waals surface area contributed by atoms with Gasteiger partial charge in [-0.3, -0.25) is 4.79 Å². The van der Waals surface area contributed by atoms with Crippen LogP contribution in [0.1, 0.15) is 23.0 Å². The lowest BCUT2D eigenvalue weighted by atomic mass is 10.0. The summed E-state index contributed by atoms with van der Waals surface area (Å²) < 4.78 is 40.6. The molecular weight excluding hydrogens is 396 g/mol. The van der Waals surface area contributed by atoms with Crippen molar-refractivity contribution >= 4 is 30.7 Å². The minimum absolute atomic E-state index is 0. The van der Waals surface area contributed by atoms with Crippen LogP contribution >= 0.6 is 24.8 Å². The fraction of sp³-hybridized carbons (Fsp3) is 0.333. The van der Waals surface area contributed by atoms with Gasteiger partial charge >= 0.3 is 6.36 Å². The van der Waals surface area contributed by atoms with Crippen molar-refractivity contribution in [3.05, 3.63) is 47.5 Å². The van der Waals surface area contributed by atoms with E-state index in [1.54, 1.807) is 6.07 Å². The third-order valence-electron chi connectivity index (χ3n) is 3.61. The fourth-order valence-electron chi connectivity index (χ4n) is 2.58. The second-order valence-corrected chi connectivity index (χ2v) is 5.32. The van der Waals surface area contributed by atoms with Gasteiger partial charge in [-0.15, -0.1) is 38.0 Å². The summed E-state index contributed by atoms with van der Waals surface area (Å²) in [6.45, 7) is 0.730. The van der Waals surface area contributed by atoms with Crippen LogP contribution in [0.4, 0.5) is 13.2 Å². The van der Waals surface area contributed by atoms with Crippen LogP contribution in [0.15, 0.2) is 30.6 Å². The Bertz CT molecular complexity index is 740. The van der Waals surface area contributed by atoms with Gasteiger partial charge in [0.15, 0.2) is 0 Å². The van der Waals surface area contributed by atoms with Crippen LogP contribution in [0.5, 0.6) is 5.75 Å². The van der Waals surface area contributed by atoms with Crippen LogP contribution in [-0.4, -0.2) is 28.8 Å². The number of aromatic amines is 1. The Morgan fingerprint density at radius 2 is 2.12 bits per heavy atom. The van der Waals surface area contributed by atoms with E-state index in [9.17, 15) is 18.0 Å². The van der Waals surface area contributed by atoms with Gasteiger partial charge in [0.1, 0.15) is 11.8 Å². The van der Waals surface area contributed by atoms with Crippen molar-refractivity contribution in [1.82, 2.24) is 20.6 Å². The maximum Gasteiger partial charge on any atom is 0.573 e. The predicted molar refractivity (Wildman–Crippen MR) is 92.5 cm³/mol. The van der Waals surface area contributed by atoms with Gasteiger partial charge in [0.2, 0.25) is 5.91 Å². The quantitative estimate of drug-likeness (QED) is 0.721. The van der Waals surface area contributed by atoms with Crippen LogP contribution in [0.3, 0.4) is 0 Å². The van der Waals surface area contributed by atoms with Crippen LogP contribution < -0.4 is 15.4 Å². The smallest absolute Gasteiger partial charge is 0.406 e. The van der Waals surface area contributed by atoms with Crippen molar-refractivity contribution in [3.63, 3.8) is 0 Å². The molecule has 1 unspecified atom stereocenters. The topological polar surface area (TPSA) is 79.0 Å². The van der Waals surface area contributed by atoms with Gasteiger partial charge in [-0.2, -0.15) is 0 Å². The van der Waals surface area contributed by atoms with Gasteiger partial charge < -0.3 is 20.4 Å². The van der Waals surface area contributed by atoms with Crippen LogP contribution in [0.25, 0.3) is 0 Å². The highest BCUT2D eigenvalue weighted by Crippen LogP contribution is 2.23. The Hall–Kier alpha value is -1.97. The summed E-state index contributed by atoms with van der Waals surface area (Å²) in [5, 5.41) is 5.77. The number of imidazole rings is 1. The zero-order valence-electron chi connectivity index (χ0n) is 13.3. The molecule has 0 aliphatic carbocycles. The predicted octanol–water partition coefficient (Wildman–Crippen LogP) is 2.66. The van der Waals surface area contributed by atoms with Gasteiger partial charge in [-0.25, -0.2) is 4.98 Å². The molecule has 0 bridgehead atoms. The molecule has 0 radical (unpaired) electrons. The molecule has 0 fully saturated rings. The summed E-state index contributed by atoms with van der Waals surface area (Å²) in [4.78, 5) is 19.4. The number of hydrogen-bond donors (Lipinski definition) is 3. The molecular formula is C15H17Cl2F3N4O2. The molecule has 1 aromatic carbocycles. The molecule has 2 aromatic rings. The first kappa shape index (κ1) is 22.1. The van der Waals surface area contributed by atoms with Crippen molar-refractivity contribution in [3.8, 4) is 5.75 Å². The number of nitrogens with zero attached hydrogens (tertiary/aromatic N) is 1. The second-order valence-electron chi connectivity index (χ2n) is 5.32. The number of H-pyrrole nitrogens is 1. The van der Waals surface area contributed by atoms with Gasteiger partial charge in [0.25, 0.3) is 0 Å². The van der Waals surface area contributed by atoms with E-state index < -0.39 is 12.4 Å². The fourth-order valence-corrected chi connectivity index (χ4v) is 2.58. The largest absolute Gasteiger partial charge is 0.573 e. The molecule has 0 saturated heterocycles. The molecule has 3 N–H and O–H groups in total. The third-order valence-corrected chi connectivity index (χ3v) is 3.61. The number of amides is 1. The number of carbonyl (C=O) groups is 1. The lowest BCUT2D eigenvalue weighted by molar-refractivity contribution is -0.274. The molecule has 1 aliphatic rings. The summed E-state index contributed by atoms with van der Waals surface area (Å²) in [7, 11) is 0. The molecule has 144 valence electrons. The number of ether oxygens (including phenoxy) is 1. The molecule has 1 atom stereocenters. The average molecular weight is 413 g/mol. The Labute approximate surface area is 159 Å². The lowest BCUT2D eigenvalue weighted by Crippen LogP contribution is -2.41. The van der Waals surface area contributed by atoms with Gasteiger partial charge in [-0.05, 0) is 17.7 Å². The molecule has 26 heavy (non-hydrogen) atoms. The van der Waals surface area contributed by atoms with Crippen LogP contribution in [0.2, 0.25) is 0 Å². The van der Waals surface area contributed by atoms with E-state index in [0.717, 1.165) is 12.1 Å². The Morgan fingerprint density at radius 1 is 1.35 bits per heavy atom. The van der Waals surface area contributed by atoms with Crippen molar-refractivity contribution in [1.29, 1.82) is 0 Å². The van der Waals surface area contributed by atoms with E-state index in [-0.39, 0.29) is 43.0 Å². The normalized spacial score (nSPS) is 15.9. The highest BCUT2D eigenvalue weighted by atomic mass is 35.5.